The molecule has 0 aliphatic carbocycles. The summed E-state index contributed by atoms with van der Waals surface area (Å²) in [6, 6.07) is 8.45. The second-order valence-electron chi connectivity index (χ2n) is 5.99. The lowest BCUT2D eigenvalue weighted by molar-refractivity contribution is -0.130. The Hall–Kier alpha value is -0.710. The first-order chi connectivity index (χ1) is 9.52. The van der Waals surface area contributed by atoms with Gasteiger partial charge in [0.1, 0.15) is 0 Å². The highest BCUT2D eigenvalue weighted by Gasteiger charge is 2.34. The highest BCUT2D eigenvalue weighted by Crippen LogP contribution is 2.29. The number of carbonyl (C=O) groups is 1. The molecule has 1 fully saturated rings. The Kier molecular flexibility index (Phi) is 7.04. The molecule has 1 unspecified atom stereocenters. The topological polar surface area (TPSA) is 46.3 Å². The monoisotopic (exact) mass is 328 g/mol. The van der Waals surface area contributed by atoms with E-state index in [-0.39, 0.29) is 23.7 Å². The van der Waals surface area contributed by atoms with E-state index in [2.05, 4.69) is 38.1 Å². The van der Waals surface area contributed by atoms with E-state index < -0.39 is 0 Å². The van der Waals surface area contributed by atoms with Gasteiger partial charge in [-0.3, -0.25) is 4.79 Å². The van der Waals surface area contributed by atoms with Crippen molar-refractivity contribution in [2.45, 2.75) is 31.6 Å². The fraction of sp³-hybridized carbons (Fsp3) is 0.562. The number of halogens is 1. The van der Waals surface area contributed by atoms with Crippen LogP contribution < -0.4 is 5.73 Å². The maximum absolute atomic E-state index is 12.2. The van der Waals surface area contributed by atoms with E-state index in [1.54, 1.807) is 11.8 Å². The number of rotatable bonds is 5. The molecule has 1 atom stereocenters. The average molecular weight is 329 g/mol. The summed E-state index contributed by atoms with van der Waals surface area (Å²) in [5, 5.41) is 0. The maximum Gasteiger partial charge on any atom is 0.223 e. The summed E-state index contributed by atoms with van der Waals surface area (Å²) in [5.74, 6) is 1.11. The number of nitrogens with two attached hydrogens (primary N) is 1. The molecule has 0 radical (unpaired) electrons. The predicted octanol–water partition coefficient (Wildman–Crippen LogP) is 3.10. The Morgan fingerprint density at radius 3 is 2.62 bits per heavy atom. The first-order valence-corrected chi connectivity index (χ1v) is 8.18. The molecule has 1 saturated heterocycles. The molecule has 0 saturated carbocycles. The zero-order valence-electron chi connectivity index (χ0n) is 12.8. The predicted molar refractivity (Wildman–Crippen MR) is 92.1 cm³/mol. The van der Waals surface area contributed by atoms with Gasteiger partial charge in [-0.05, 0) is 37.4 Å². The summed E-state index contributed by atoms with van der Waals surface area (Å²) >= 11 is 1.75. The number of thioether (sulfide) groups is 1. The Balaban J connectivity index is 0.00000220. The normalized spacial score (nSPS) is 21.2. The van der Waals surface area contributed by atoms with Gasteiger partial charge in [0.15, 0.2) is 0 Å². The minimum absolute atomic E-state index is 0. The standard InChI is InChI=1S/C16H24N2OS.ClH/c1-13-3-5-14(6-4-13)20-10-7-15(19)18-9-8-16(2,11-17)12-18;/h3-6H,7-12,17H2,1-2H3;1H. The fourth-order valence-corrected chi connectivity index (χ4v) is 3.29. The second-order valence-corrected chi connectivity index (χ2v) is 7.16. The third kappa shape index (κ3) is 5.20. The van der Waals surface area contributed by atoms with E-state index in [1.807, 2.05) is 4.90 Å². The molecule has 21 heavy (non-hydrogen) atoms. The van der Waals surface area contributed by atoms with Crippen LogP contribution in [-0.4, -0.2) is 36.2 Å². The summed E-state index contributed by atoms with van der Waals surface area (Å²) in [6.07, 6.45) is 1.64. The lowest BCUT2D eigenvalue weighted by atomic mass is 9.90. The molecular formula is C16H25ClN2OS. The summed E-state index contributed by atoms with van der Waals surface area (Å²) in [6.45, 7) is 6.59. The van der Waals surface area contributed by atoms with Gasteiger partial charge in [-0.25, -0.2) is 0 Å². The summed E-state index contributed by atoms with van der Waals surface area (Å²) < 4.78 is 0. The third-order valence-corrected chi connectivity index (χ3v) is 5.02. The first-order valence-electron chi connectivity index (χ1n) is 7.20. The van der Waals surface area contributed by atoms with Crippen molar-refractivity contribution in [3.8, 4) is 0 Å². The van der Waals surface area contributed by atoms with E-state index in [9.17, 15) is 4.79 Å². The molecule has 118 valence electrons. The lowest BCUT2D eigenvalue weighted by Crippen LogP contribution is -2.34. The van der Waals surface area contributed by atoms with Crippen molar-refractivity contribution < 1.29 is 4.79 Å². The number of benzene rings is 1. The van der Waals surface area contributed by atoms with Gasteiger partial charge in [-0.1, -0.05) is 24.6 Å². The van der Waals surface area contributed by atoms with Gasteiger partial charge in [0, 0.05) is 30.2 Å². The van der Waals surface area contributed by atoms with Crippen molar-refractivity contribution in [2.75, 3.05) is 25.4 Å². The zero-order chi connectivity index (χ0) is 14.6. The van der Waals surface area contributed by atoms with Crippen LogP contribution in [0.15, 0.2) is 29.2 Å². The smallest absolute Gasteiger partial charge is 0.223 e. The number of carbonyl (C=O) groups excluding carboxylic acids is 1. The van der Waals surface area contributed by atoms with Crippen LogP contribution in [0.1, 0.15) is 25.3 Å². The fourth-order valence-electron chi connectivity index (χ4n) is 2.45. The van der Waals surface area contributed by atoms with Crippen molar-refractivity contribution in [2.24, 2.45) is 11.1 Å². The third-order valence-electron chi connectivity index (χ3n) is 4.01. The van der Waals surface area contributed by atoms with Crippen LogP contribution >= 0.6 is 24.2 Å². The SMILES string of the molecule is Cc1ccc(SCCC(=O)N2CCC(C)(CN)C2)cc1.Cl. The van der Waals surface area contributed by atoms with Gasteiger partial charge in [0.2, 0.25) is 5.91 Å². The molecular weight excluding hydrogens is 304 g/mol. The number of aryl methyl sites for hydroxylation is 1. The Bertz CT molecular complexity index is 466. The molecule has 3 nitrogen and oxygen atoms in total. The highest BCUT2D eigenvalue weighted by atomic mass is 35.5. The largest absolute Gasteiger partial charge is 0.342 e. The van der Waals surface area contributed by atoms with Gasteiger partial charge in [-0.2, -0.15) is 0 Å². The molecule has 1 amide bonds. The van der Waals surface area contributed by atoms with Crippen LogP contribution in [0.4, 0.5) is 0 Å². The first kappa shape index (κ1) is 18.3. The van der Waals surface area contributed by atoms with Crippen LogP contribution in [-0.2, 0) is 4.79 Å². The maximum atomic E-state index is 12.2. The van der Waals surface area contributed by atoms with E-state index >= 15 is 0 Å². The van der Waals surface area contributed by atoms with Crippen molar-refractivity contribution in [1.82, 2.24) is 4.90 Å². The summed E-state index contributed by atoms with van der Waals surface area (Å²) in [4.78, 5) is 15.4. The van der Waals surface area contributed by atoms with E-state index in [1.165, 1.54) is 10.5 Å². The van der Waals surface area contributed by atoms with Crippen molar-refractivity contribution in [3.63, 3.8) is 0 Å². The number of nitrogens with zero attached hydrogens (tertiary/aromatic N) is 1. The molecule has 1 aliphatic heterocycles. The molecule has 0 bridgehead atoms. The molecule has 1 heterocycles. The zero-order valence-corrected chi connectivity index (χ0v) is 14.4. The Morgan fingerprint density at radius 1 is 1.38 bits per heavy atom. The van der Waals surface area contributed by atoms with Gasteiger partial charge >= 0.3 is 0 Å². The van der Waals surface area contributed by atoms with Crippen molar-refractivity contribution in [1.29, 1.82) is 0 Å². The van der Waals surface area contributed by atoms with Crippen LogP contribution in [0.2, 0.25) is 0 Å². The van der Waals surface area contributed by atoms with E-state index in [4.69, 9.17) is 5.73 Å². The molecule has 5 heteroatoms. The number of likely N-dealkylation sites (tertiary alicyclic amines) is 1. The van der Waals surface area contributed by atoms with Gasteiger partial charge in [0.25, 0.3) is 0 Å². The molecule has 0 aromatic heterocycles. The summed E-state index contributed by atoms with van der Waals surface area (Å²) in [7, 11) is 0. The van der Waals surface area contributed by atoms with Crippen LogP contribution in [0.5, 0.6) is 0 Å². The van der Waals surface area contributed by atoms with Crippen molar-refractivity contribution >= 4 is 30.1 Å². The van der Waals surface area contributed by atoms with E-state index in [0.29, 0.717) is 13.0 Å². The van der Waals surface area contributed by atoms with Gasteiger partial charge < -0.3 is 10.6 Å². The lowest BCUT2D eigenvalue weighted by Gasteiger charge is -2.22. The number of amides is 1. The average Bonchev–Trinajstić information content (AvgIpc) is 2.84. The molecule has 1 aliphatic rings. The van der Waals surface area contributed by atoms with Gasteiger partial charge in [-0.15, -0.1) is 24.2 Å². The quantitative estimate of drug-likeness (QED) is 0.845. The van der Waals surface area contributed by atoms with E-state index in [0.717, 1.165) is 25.3 Å². The van der Waals surface area contributed by atoms with Crippen LogP contribution in [0, 0.1) is 12.3 Å². The molecule has 2 rings (SSSR count). The molecule has 1 aromatic rings. The van der Waals surface area contributed by atoms with Crippen LogP contribution in [0.3, 0.4) is 0 Å². The number of hydrogen-bond donors (Lipinski definition) is 1. The Morgan fingerprint density at radius 2 is 2.05 bits per heavy atom. The molecule has 2 N–H and O–H groups in total. The minimum atomic E-state index is 0. The Labute approximate surface area is 138 Å². The summed E-state index contributed by atoms with van der Waals surface area (Å²) in [5.41, 5.74) is 7.17. The number of hydrogen-bond acceptors (Lipinski definition) is 3. The molecule has 0 spiro atoms. The minimum Gasteiger partial charge on any atom is -0.342 e. The second kappa shape index (κ2) is 8.06. The van der Waals surface area contributed by atoms with Crippen molar-refractivity contribution in [3.05, 3.63) is 29.8 Å². The van der Waals surface area contributed by atoms with Crippen LogP contribution in [0.25, 0.3) is 0 Å². The van der Waals surface area contributed by atoms with Gasteiger partial charge in [0.05, 0.1) is 0 Å². The molecule has 1 aromatic carbocycles. The highest BCUT2D eigenvalue weighted by molar-refractivity contribution is 7.99.